The number of hydrogen-bond acceptors (Lipinski definition) is 4. The van der Waals surface area contributed by atoms with Gasteiger partial charge in [-0.1, -0.05) is 48.5 Å². The molecule has 0 unspecified atom stereocenters. The van der Waals surface area contributed by atoms with Gasteiger partial charge in [-0.05, 0) is 115 Å². The first-order chi connectivity index (χ1) is 18.1. The van der Waals surface area contributed by atoms with Crippen molar-refractivity contribution in [3.63, 3.8) is 0 Å². The van der Waals surface area contributed by atoms with Gasteiger partial charge in [-0.15, -0.1) is 0 Å². The minimum absolute atomic E-state index is 0.0333. The summed E-state index contributed by atoms with van der Waals surface area (Å²) >= 11 is 0. The zero-order valence-corrected chi connectivity index (χ0v) is 25.7. The molecule has 10 atom stereocenters. The predicted octanol–water partition coefficient (Wildman–Crippen LogP) is 7.65. The predicted molar refractivity (Wildman–Crippen MR) is 151 cm³/mol. The Morgan fingerprint density at radius 1 is 0.795 bits per heavy atom. The molecule has 0 aromatic rings. The Kier molecular flexibility index (Phi) is 6.26. The fourth-order valence-electron chi connectivity index (χ4n) is 12.6. The van der Waals surface area contributed by atoms with Gasteiger partial charge in [0.15, 0.2) is 0 Å². The quantitative estimate of drug-likeness (QED) is 0.369. The maximum Gasteiger partial charge on any atom is 0.306 e. The summed E-state index contributed by atoms with van der Waals surface area (Å²) in [7, 11) is 0. The highest BCUT2D eigenvalue weighted by atomic mass is 16.5. The molecule has 39 heavy (non-hydrogen) atoms. The van der Waals surface area contributed by atoms with E-state index in [-0.39, 0.29) is 41.2 Å². The molecule has 1 saturated heterocycles. The molecule has 5 saturated carbocycles. The number of carboxylic acids is 1. The number of fused-ring (bicyclic) bond motifs is 5. The second-order valence-electron chi connectivity index (χ2n) is 17.0. The first kappa shape index (κ1) is 28.0. The second-order valence-corrected chi connectivity index (χ2v) is 17.0. The SMILES string of the molecule is CC1(C)CC[C@@]23CC[C@]4(C)[C@H](CC[C@@H]5[C@@]6(C)CC[C@@H](OC(=O)CCC(=O)O)C(C)(C)[C@H]6CC[C@]54C)[C@@H]2[C@@H]1OC3. The molecule has 5 aliphatic carbocycles. The third kappa shape index (κ3) is 3.72. The van der Waals surface area contributed by atoms with Gasteiger partial charge in [0.1, 0.15) is 6.10 Å². The molecule has 6 rings (SSSR count). The normalized spacial score (nSPS) is 51.1. The fraction of sp³-hybridized carbons (Fsp3) is 0.941. The van der Waals surface area contributed by atoms with Crippen LogP contribution in [0, 0.1) is 56.2 Å². The Morgan fingerprint density at radius 2 is 1.51 bits per heavy atom. The van der Waals surface area contributed by atoms with Crippen LogP contribution in [0.25, 0.3) is 0 Å². The molecule has 1 N–H and O–H groups in total. The summed E-state index contributed by atoms with van der Waals surface area (Å²) in [6.45, 7) is 18.6. The standard InChI is InChI=1S/C34H54O5/c1-29(2)16-18-34-19-17-32(6)21(27(34)28(29)38-20-34)8-9-23-31(5)14-13-24(39-26(37)11-10-25(35)36)30(3,4)22(31)12-15-33(23,32)7/h21-24,27-28H,8-20H2,1-7H3,(H,35,36)/t21-,22-,23-,24-,27-,28+,31+,32-,33-,34+/m1/s1. The monoisotopic (exact) mass is 542 g/mol. The lowest BCUT2D eigenvalue weighted by Gasteiger charge is -2.73. The summed E-state index contributed by atoms with van der Waals surface area (Å²) in [6.07, 6.45) is 12.6. The fourth-order valence-corrected chi connectivity index (χ4v) is 12.6. The molecule has 0 radical (unpaired) electrons. The first-order valence-electron chi connectivity index (χ1n) is 16.1. The Morgan fingerprint density at radius 3 is 2.23 bits per heavy atom. The molecule has 5 nitrogen and oxygen atoms in total. The highest BCUT2D eigenvalue weighted by Crippen LogP contribution is 2.78. The summed E-state index contributed by atoms with van der Waals surface area (Å²) in [4.78, 5) is 23.5. The minimum Gasteiger partial charge on any atom is -0.481 e. The van der Waals surface area contributed by atoms with Gasteiger partial charge in [0.25, 0.3) is 0 Å². The maximum absolute atomic E-state index is 12.5. The van der Waals surface area contributed by atoms with Crippen molar-refractivity contribution in [2.75, 3.05) is 6.61 Å². The smallest absolute Gasteiger partial charge is 0.306 e. The Balaban J connectivity index is 1.27. The van der Waals surface area contributed by atoms with E-state index in [1.54, 1.807) is 0 Å². The number of carboxylic acid groups (broad SMARTS) is 1. The molecule has 1 heterocycles. The van der Waals surface area contributed by atoms with Crippen LogP contribution in [0.3, 0.4) is 0 Å². The average molecular weight is 543 g/mol. The summed E-state index contributed by atoms with van der Waals surface area (Å²) < 4.78 is 12.7. The van der Waals surface area contributed by atoms with Crippen LogP contribution in [0.5, 0.6) is 0 Å². The molecule has 0 aromatic heterocycles. The van der Waals surface area contributed by atoms with E-state index in [1.807, 2.05) is 0 Å². The van der Waals surface area contributed by atoms with Crippen LogP contribution in [0.4, 0.5) is 0 Å². The van der Waals surface area contributed by atoms with Crippen LogP contribution in [0.2, 0.25) is 0 Å². The zero-order valence-electron chi connectivity index (χ0n) is 25.7. The molecule has 0 amide bonds. The highest BCUT2D eigenvalue weighted by molar-refractivity contribution is 5.76. The molecule has 2 bridgehead atoms. The van der Waals surface area contributed by atoms with E-state index in [1.165, 1.54) is 51.4 Å². The number of aliphatic carboxylic acids is 1. The van der Waals surface area contributed by atoms with Crippen LogP contribution in [0.1, 0.15) is 126 Å². The van der Waals surface area contributed by atoms with Gasteiger partial charge >= 0.3 is 11.9 Å². The second kappa shape index (κ2) is 8.71. The largest absolute Gasteiger partial charge is 0.481 e. The number of hydrogen-bond donors (Lipinski definition) is 1. The zero-order chi connectivity index (χ0) is 28.2. The maximum atomic E-state index is 12.5. The van der Waals surface area contributed by atoms with Gasteiger partial charge in [-0.2, -0.15) is 0 Å². The number of carbonyl (C=O) groups excluding carboxylic acids is 1. The molecular formula is C34H54O5. The van der Waals surface area contributed by atoms with Crippen molar-refractivity contribution in [1.29, 1.82) is 0 Å². The number of ether oxygens (including phenoxy) is 2. The van der Waals surface area contributed by atoms with Crippen molar-refractivity contribution in [2.24, 2.45) is 56.2 Å². The average Bonchev–Trinajstić information content (AvgIpc) is 3.19. The number of carbonyl (C=O) groups is 2. The topological polar surface area (TPSA) is 72.8 Å². The van der Waals surface area contributed by atoms with Crippen molar-refractivity contribution >= 4 is 11.9 Å². The van der Waals surface area contributed by atoms with Gasteiger partial charge in [-0.3, -0.25) is 9.59 Å². The Labute approximate surface area is 236 Å². The third-order valence-corrected chi connectivity index (χ3v) is 14.9. The van der Waals surface area contributed by atoms with E-state index in [9.17, 15) is 9.59 Å². The van der Waals surface area contributed by atoms with E-state index in [4.69, 9.17) is 14.6 Å². The molecule has 0 spiro atoms. The van der Waals surface area contributed by atoms with E-state index < -0.39 is 5.97 Å². The number of rotatable bonds is 4. The molecule has 6 aliphatic rings. The minimum atomic E-state index is -0.942. The third-order valence-electron chi connectivity index (χ3n) is 14.9. The van der Waals surface area contributed by atoms with Gasteiger partial charge in [0, 0.05) is 5.41 Å². The highest BCUT2D eigenvalue weighted by Gasteiger charge is 2.72. The van der Waals surface area contributed by atoms with E-state index in [0.717, 1.165) is 31.3 Å². The van der Waals surface area contributed by atoms with Crippen molar-refractivity contribution in [3.05, 3.63) is 0 Å². The Hall–Kier alpha value is -1.10. The Bertz CT molecular complexity index is 1030. The van der Waals surface area contributed by atoms with Gasteiger partial charge in [0.05, 0.1) is 25.6 Å². The van der Waals surface area contributed by atoms with E-state index in [0.29, 0.717) is 34.2 Å². The van der Waals surface area contributed by atoms with Crippen LogP contribution in [-0.2, 0) is 19.1 Å². The molecule has 1 aliphatic heterocycles. The van der Waals surface area contributed by atoms with Crippen LogP contribution < -0.4 is 0 Å². The lowest BCUT2D eigenvalue weighted by atomic mass is 9.31. The molecule has 220 valence electrons. The van der Waals surface area contributed by atoms with Crippen molar-refractivity contribution < 1.29 is 24.2 Å². The first-order valence-corrected chi connectivity index (χ1v) is 16.1. The van der Waals surface area contributed by atoms with Crippen LogP contribution >= 0.6 is 0 Å². The summed E-state index contributed by atoms with van der Waals surface area (Å²) in [5.74, 6) is 1.40. The lowest BCUT2D eigenvalue weighted by Crippen LogP contribution is -2.67. The molecule has 0 aromatic carbocycles. The molecule has 5 heteroatoms. The summed E-state index contributed by atoms with van der Waals surface area (Å²) in [5.41, 5.74) is 1.52. The lowest BCUT2D eigenvalue weighted by molar-refractivity contribution is -0.254. The number of esters is 1. The summed E-state index contributed by atoms with van der Waals surface area (Å²) in [5, 5.41) is 9.00. The van der Waals surface area contributed by atoms with Crippen LogP contribution in [0.15, 0.2) is 0 Å². The van der Waals surface area contributed by atoms with Gasteiger partial charge in [-0.25, -0.2) is 0 Å². The van der Waals surface area contributed by atoms with Crippen LogP contribution in [-0.4, -0.2) is 35.9 Å². The van der Waals surface area contributed by atoms with E-state index >= 15 is 0 Å². The van der Waals surface area contributed by atoms with Gasteiger partial charge < -0.3 is 14.6 Å². The van der Waals surface area contributed by atoms with Crippen molar-refractivity contribution in [2.45, 2.75) is 138 Å². The summed E-state index contributed by atoms with van der Waals surface area (Å²) in [6, 6.07) is 0. The van der Waals surface area contributed by atoms with Gasteiger partial charge in [0.2, 0.25) is 0 Å². The van der Waals surface area contributed by atoms with E-state index in [2.05, 4.69) is 48.5 Å². The molecule has 6 fully saturated rings. The van der Waals surface area contributed by atoms with Crippen molar-refractivity contribution in [3.8, 4) is 0 Å². The molecular weight excluding hydrogens is 488 g/mol. The van der Waals surface area contributed by atoms with Crippen molar-refractivity contribution in [1.82, 2.24) is 0 Å².